The van der Waals surface area contributed by atoms with E-state index >= 15 is 0 Å². The number of rotatable bonds is 25. The van der Waals surface area contributed by atoms with Crippen LogP contribution >= 0.6 is 35.2 Å². The van der Waals surface area contributed by atoms with Crippen LogP contribution in [0.15, 0.2) is 12.7 Å². The van der Waals surface area contributed by atoms with Crippen molar-refractivity contribution in [2.24, 2.45) is 16.9 Å². The summed E-state index contributed by atoms with van der Waals surface area (Å²) >= 11 is 0.912. The Labute approximate surface area is 344 Å². The van der Waals surface area contributed by atoms with E-state index in [9.17, 15) is 62.7 Å². The molecule has 1 saturated heterocycles. The molecule has 60 heavy (non-hydrogen) atoms. The third-order valence-corrected chi connectivity index (χ3v) is 12.4. The second-order valence-electron chi connectivity index (χ2n) is 13.8. The summed E-state index contributed by atoms with van der Waals surface area (Å²) in [7, 11) is -16.5. The molecule has 32 heteroatoms. The molecule has 0 spiro atoms. The number of hydrogen-bond acceptors (Lipinski definition) is 21. The monoisotopic (exact) mass is 939 g/mol. The Morgan fingerprint density at radius 3 is 2.33 bits per heavy atom. The highest BCUT2D eigenvalue weighted by Crippen LogP contribution is 2.61. The first-order chi connectivity index (χ1) is 27.7. The fraction of sp³-hybridized carbons (Fsp3) is 0.679. The Kier molecular flexibility index (Phi) is 18.7. The van der Waals surface area contributed by atoms with Gasteiger partial charge < -0.3 is 67.5 Å². The maximum atomic E-state index is 12.7. The number of hydrogen-bond donors (Lipinski definition) is 12. The Hall–Kier alpha value is -3.05. The number of carboxylic acids is 1. The number of nitrogen functional groups attached to an aromatic ring is 1. The van der Waals surface area contributed by atoms with Gasteiger partial charge in [-0.3, -0.25) is 37.3 Å². The summed E-state index contributed by atoms with van der Waals surface area (Å²) in [6, 6.07) is -1.66. The summed E-state index contributed by atoms with van der Waals surface area (Å²) in [5, 5.41) is 34.8. The minimum atomic E-state index is -5.60. The number of carboxylic acid groups (broad SMARTS) is 1. The van der Waals surface area contributed by atoms with Crippen LogP contribution in [0.5, 0.6) is 0 Å². The first kappa shape index (κ1) is 51.3. The van der Waals surface area contributed by atoms with Crippen molar-refractivity contribution in [3.63, 3.8) is 0 Å². The fourth-order valence-electron chi connectivity index (χ4n) is 5.19. The van der Waals surface area contributed by atoms with Crippen LogP contribution in [0.25, 0.3) is 11.2 Å². The van der Waals surface area contributed by atoms with Crippen LogP contribution in [0, 0.1) is 5.41 Å². The number of fused-ring (bicyclic) bond motifs is 1. The summed E-state index contributed by atoms with van der Waals surface area (Å²) in [6.07, 6.45) is -6.80. The smallest absolute Gasteiger partial charge is 0.480 e. The number of amides is 2. The maximum absolute atomic E-state index is 12.7. The third kappa shape index (κ3) is 16.0. The normalized spacial score (nSPS) is 22.0. The number of aliphatic hydroxyl groups is 2. The van der Waals surface area contributed by atoms with E-state index in [1.54, 1.807) is 0 Å². The molecule has 28 nitrogen and oxygen atoms in total. The van der Waals surface area contributed by atoms with E-state index in [4.69, 9.17) is 36.1 Å². The van der Waals surface area contributed by atoms with Crippen molar-refractivity contribution in [3.8, 4) is 0 Å². The van der Waals surface area contributed by atoms with Crippen LogP contribution in [-0.2, 0) is 55.5 Å². The quantitative estimate of drug-likeness (QED) is 0.0364. The van der Waals surface area contributed by atoms with Gasteiger partial charge in [0.05, 0.1) is 19.5 Å². The zero-order valence-corrected chi connectivity index (χ0v) is 35.4. The Bertz CT molecular complexity index is 1970. The molecule has 0 bridgehead atoms. The largest absolute Gasteiger partial charge is 0.481 e. The molecule has 2 unspecified atom stereocenters. The fourth-order valence-corrected chi connectivity index (χ4v) is 8.78. The second kappa shape index (κ2) is 21.8. The van der Waals surface area contributed by atoms with E-state index in [-0.39, 0.29) is 66.6 Å². The van der Waals surface area contributed by atoms with E-state index in [1.165, 1.54) is 13.8 Å². The molecule has 3 rings (SSSR count). The first-order valence-electron chi connectivity index (χ1n) is 17.5. The Morgan fingerprint density at radius 1 is 1.02 bits per heavy atom. The minimum absolute atomic E-state index is 0.0173. The molecule has 2 amide bonds. The maximum Gasteiger partial charge on any atom is 0.481 e. The van der Waals surface area contributed by atoms with Gasteiger partial charge in [0.1, 0.15) is 42.3 Å². The van der Waals surface area contributed by atoms with Gasteiger partial charge in [-0.05, 0) is 12.8 Å². The number of thioether (sulfide) groups is 1. The topological polar surface area (TPSA) is 453 Å². The number of phosphoric ester groups is 3. The van der Waals surface area contributed by atoms with Crippen LogP contribution in [-0.4, -0.2) is 146 Å². The van der Waals surface area contributed by atoms with Gasteiger partial charge in [0, 0.05) is 43.1 Å². The average molecular weight is 940 g/mol. The highest BCUT2D eigenvalue weighted by Gasteiger charge is 2.50. The lowest BCUT2D eigenvalue weighted by Crippen LogP contribution is -2.46. The number of phosphoric acid groups is 3. The number of ether oxygens (including phenoxy) is 1. The van der Waals surface area contributed by atoms with Gasteiger partial charge in [-0.1, -0.05) is 25.6 Å². The summed E-state index contributed by atoms with van der Waals surface area (Å²) in [5.41, 5.74) is 15.4. The lowest BCUT2D eigenvalue weighted by molar-refractivity contribution is -0.139. The summed E-state index contributed by atoms with van der Waals surface area (Å²) < 4.78 is 62.1. The van der Waals surface area contributed by atoms with E-state index in [1.807, 2.05) is 0 Å². The van der Waals surface area contributed by atoms with Gasteiger partial charge >= 0.3 is 29.4 Å². The van der Waals surface area contributed by atoms with E-state index < -0.39 is 103 Å². The number of carbonyl (C=O) groups is 4. The van der Waals surface area contributed by atoms with Gasteiger partial charge in [0.15, 0.2) is 22.8 Å². The van der Waals surface area contributed by atoms with Crippen LogP contribution < -0.4 is 27.8 Å². The number of aliphatic carboxylic acids is 1. The van der Waals surface area contributed by atoms with Crippen molar-refractivity contribution in [1.82, 2.24) is 30.2 Å². The van der Waals surface area contributed by atoms with Crippen LogP contribution in [0.4, 0.5) is 5.82 Å². The molecule has 3 heterocycles. The van der Waals surface area contributed by atoms with Gasteiger partial charge in [0.25, 0.3) is 0 Å². The first-order valence-corrected chi connectivity index (χ1v) is 23.0. The lowest BCUT2D eigenvalue weighted by atomic mass is 9.87. The number of aromatic nitrogens is 4. The van der Waals surface area contributed by atoms with E-state index in [0.29, 0.717) is 0 Å². The molecule has 1 fully saturated rings. The Balaban J connectivity index is 1.43. The molecule has 1 aliphatic heterocycles. The number of nitrogens with zero attached hydrogens (tertiary/aromatic N) is 4. The summed E-state index contributed by atoms with van der Waals surface area (Å²) in [5.74, 6) is -2.56. The molecule has 1 aliphatic rings. The molecule has 2 aromatic rings. The van der Waals surface area contributed by atoms with Crippen LogP contribution in [0.3, 0.4) is 0 Å². The predicted octanol–water partition coefficient (Wildman–Crippen LogP) is -2.43. The Morgan fingerprint density at radius 2 is 1.68 bits per heavy atom. The number of aliphatic hydroxyl groups excluding tert-OH is 2. The highest BCUT2D eigenvalue weighted by molar-refractivity contribution is 8.13. The molecule has 0 aliphatic carbocycles. The van der Waals surface area contributed by atoms with Gasteiger partial charge in [-0.2, -0.15) is 4.31 Å². The molecular weight excluding hydrogens is 891 g/mol. The SMILES string of the molecule is CC(C)(COP(=O)(O)OP(=O)(O)OC[C@H]1O[C@@H](n2cnc3c(N)ncnc32)[C@H](O)[C@@H]1OP(=O)(O)O)[C@@H](O)C(=O)NCCC(=O)NCCSC(=O)C[C@@H](N)CC[C@@H](N)C(=O)O. The van der Waals surface area contributed by atoms with Crippen molar-refractivity contribution in [1.29, 1.82) is 0 Å². The van der Waals surface area contributed by atoms with E-state index in [2.05, 4.69) is 34.4 Å². The highest BCUT2D eigenvalue weighted by atomic mass is 32.2. The van der Waals surface area contributed by atoms with Crippen molar-refractivity contribution < 1.29 is 90.4 Å². The zero-order valence-electron chi connectivity index (χ0n) is 31.9. The molecule has 0 saturated carbocycles. The number of anilines is 1. The molecule has 9 atom stereocenters. The third-order valence-electron chi connectivity index (χ3n) is 8.36. The zero-order chi connectivity index (χ0) is 45.2. The van der Waals surface area contributed by atoms with Gasteiger partial charge in [-0.15, -0.1) is 0 Å². The van der Waals surface area contributed by atoms with Gasteiger partial charge in [-0.25, -0.2) is 28.6 Å². The standard InChI is InChI=1S/C28H48N9O19P3S/c1-28(2,22(41)25(42)33-6-5-17(38)32-7-8-60-18(39)9-14(29)3-4-15(30)27(43)44)11-53-59(50,51)56-58(48,49)52-10-16-21(55-57(45,46)47)20(40)26(54-16)37-13-36-19-23(31)34-12-35-24(19)37/h12-16,20-22,26,40-41H,3-11,29-30H2,1-2H3,(H,32,38)(H,33,42)(H,43,44)(H,48,49)(H,50,51)(H2,31,34,35)(H2,45,46,47)/t14-,15+,16+,20+,21+,22-,26+/m0/s1. The molecular formula is C28H48N9O19P3S. The minimum Gasteiger partial charge on any atom is -0.480 e. The number of imidazole rings is 1. The van der Waals surface area contributed by atoms with Crippen LogP contribution in [0.2, 0.25) is 0 Å². The summed E-state index contributed by atoms with van der Waals surface area (Å²) in [6.45, 7) is 0.207. The molecule has 15 N–H and O–H groups in total. The number of carbonyl (C=O) groups excluding carboxylic acids is 3. The molecule has 340 valence electrons. The van der Waals surface area contributed by atoms with Crippen molar-refractivity contribution in [2.45, 2.75) is 82.3 Å². The number of nitrogens with two attached hydrogens (primary N) is 3. The van der Waals surface area contributed by atoms with Crippen LogP contribution in [0.1, 0.15) is 45.8 Å². The molecule has 0 aromatic carbocycles. The average Bonchev–Trinajstić information content (AvgIpc) is 3.70. The molecule has 0 radical (unpaired) electrons. The van der Waals surface area contributed by atoms with Gasteiger partial charge in [0.2, 0.25) is 11.8 Å². The van der Waals surface area contributed by atoms with Crippen molar-refractivity contribution in [3.05, 3.63) is 12.7 Å². The van der Waals surface area contributed by atoms with E-state index in [0.717, 1.165) is 29.0 Å². The lowest BCUT2D eigenvalue weighted by Gasteiger charge is -2.30. The number of nitrogens with one attached hydrogen (secondary N) is 2. The predicted molar refractivity (Wildman–Crippen MR) is 205 cm³/mol. The van der Waals surface area contributed by atoms with Crippen molar-refractivity contribution in [2.75, 3.05) is 37.8 Å². The molecule has 2 aromatic heterocycles. The van der Waals surface area contributed by atoms with Crippen molar-refractivity contribution >= 4 is 75.1 Å². The second-order valence-corrected chi connectivity index (χ2v) is 19.2. The summed E-state index contributed by atoms with van der Waals surface area (Å²) in [4.78, 5) is 98.5.